The highest BCUT2D eigenvalue weighted by atomic mass is 16.2. The van der Waals surface area contributed by atoms with Crippen LogP contribution in [0.1, 0.15) is 56.5 Å². The van der Waals surface area contributed by atoms with Gasteiger partial charge in [-0.05, 0) is 45.2 Å². The lowest BCUT2D eigenvalue weighted by atomic mass is 10.0. The third kappa shape index (κ3) is 3.12. The summed E-state index contributed by atoms with van der Waals surface area (Å²) in [5.74, 6) is 0.164. The van der Waals surface area contributed by atoms with Gasteiger partial charge in [-0.2, -0.15) is 0 Å². The van der Waals surface area contributed by atoms with Gasteiger partial charge in [0.25, 0.3) is 5.91 Å². The SMILES string of the molecule is CCC(C)N(C(=O)c1ccccc1C)C(C)CC. The summed E-state index contributed by atoms with van der Waals surface area (Å²) >= 11 is 0. The molecule has 2 unspecified atom stereocenters. The predicted octanol–water partition coefficient (Wildman–Crippen LogP) is 4.03. The number of carbonyl (C=O) groups is 1. The van der Waals surface area contributed by atoms with Crippen molar-refractivity contribution in [1.29, 1.82) is 0 Å². The van der Waals surface area contributed by atoms with Crippen LogP contribution in [0.3, 0.4) is 0 Å². The average Bonchev–Trinajstić information content (AvgIpc) is 2.38. The fourth-order valence-electron chi connectivity index (χ4n) is 2.18. The van der Waals surface area contributed by atoms with Gasteiger partial charge >= 0.3 is 0 Å². The summed E-state index contributed by atoms with van der Waals surface area (Å²) in [5.41, 5.74) is 1.89. The van der Waals surface area contributed by atoms with Crippen LogP contribution < -0.4 is 0 Å². The quantitative estimate of drug-likeness (QED) is 0.769. The van der Waals surface area contributed by atoms with Crippen LogP contribution in [-0.2, 0) is 0 Å². The minimum Gasteiger partial charge on any atom is -0.333 e. The molecule has 2 heteroatoms. The van der Waals surface area contributed by atoms with E-state index in [0.29, 0.717) is 0 Å². The van der Waals surface area contributed by atoms with Crippen LogP contribution in [0.2, 0.25) is 0 Å². The molecule has 1 amide bonds. The first-order valence-electron chi connectivity index (χ1n) is 6.91. The minimum atomic E-state index is 0.164. The van der Waals surface area contributed by atoms with Crippen molar-refractivity contribution in [2.45, 2.75) is 59.5 Å². The van der Waals surface area contributed by atoms with Crippen LogP contribution in [0.25, 0.3) is 0 Å². The molecule has 0 aliphatic heterocycles. The van der Waals surface area contributed by atoms with Crippen LogP contribution >= 0.6 is 0 Å². The first kappa shape index (κ1) is 14.7. The lowest BCUT2D eigenvalue weighted by Gasteiger charge is -2.34. The Bertz CT molecular complexity index is 390. The Hall–Kier alpha value is -1.31. The summed E-state index contributed by atoms with van der Waals surface area (Å²) in [5, 5.41) is 0. The molecule has 2 atom stereocenters. The van der Waals surface area contributed by atoms with Crippen molar-refractivity contribution in [1.82, 2.24) is 4.90 Å². The van der Waals surface area contributed by atoms with Crippen molar-refractivity contribution >= 4 is 5.91 Å². The molecule has 2 nitrogen and oxygen atoms in total. The van der Waals surface area contributed by atoms with Crippen molar-refractivity contribution in [3.63, 3.8) is 0 Å². The molecule has 0 aliphatic rings. The third-order valence-electron chi connectivity index (χ3n) is 3.74. The van der Waals surface area contributed by atoms with E-state index in [9.17, 15) is 4.79 Å². The summed E-state index contributed by atoms with van der Waals surface area (Å²) in [6.07, 6.45) is 1.98. The number of nitrogens with zero attached hydrogens (tertiary/aromatic N) is 1. The Kier molecular flexibility index (Phi) is 5.39. The van der Waals surface area contributed by atoms with Crippen molar-refractivity contribution < 1.29 is 4.79 Å². The van der Waals surface area contributed by atoms with E-state index >= 15 is 0 Å². The normalized spacial score (nSPS) is 14.1. The number of carbonyl (C=O) groups excluding carboxylic acids is 1. The zero-order valence-electron chi connectivity index (χ0n) is 12.2. The van der Waals surface area contributed by atoms with Gasteiger partial charge in [-0.25, -0.2) is 0 Å². The fraction of sp³-hybridized carbons (Fsp3) is 0.562. The first-order chi connectivity index (χ1) is 8.52. The van der Waals surface area contributed by atoms with Crippen LogP contribution in [0, 0.1) is 6.92 Å². The Balaban J connectivity index is 3.07. The molecule has 0 N–H and O–H groups in total. The van der Waals surface area contributed by atoms with Crippen molar-refractivity contribution in [2.75, 3.05) is 0 Å². The van der Waals surface area contributed by atoms with E-state index in [-0.39, 0.29) is 18.0 Å². The van der Waals surface area contributed by atoms with E-state index in [4.69, 9.17) is 0 Å². The maximum Gasteiger partial charge on any atom is 0.254 e. The lowest BCUT2D eigenvalue weighted by molar-refractivity contribution is 0.0597. The fourth-order valence-corrected chi connectivity index (χ4v) is 2.18. The monoisotopic (exact) mass is 247 g/mol. The van der Waals surface area contributed by atoms with Crippen molar-refractivity contribution in [3.05, 3.63) is 35.4 Å². The number of rotatable bonds is 5. The van der Waals surface area contributed by atoms with Crippen LogP contribution in [0.4, 0.5) is 0 Å². The van der Waals surface area contributed by atoms with Gasteiger partial charge in [0.15, 0.2) is 0 Å². The van der Waals surface area contributed by atoms with Crippen LogP contribution in [0.5, 0.6) is 0 Å². The number of amides is 1. The molecule has 0 radical (unpaired) electrons. The standard InChI is InChI=1S/C16H25NO/c1-6-13(4)17(14(5)7-2)16(18)15-11-9-8-10-12(15)3/h8-11,13-14H,6-7H2,1-5H3. The molecule has 0 saturated heterocycles. The maximum absolute atomic E-state index is 12.7. The molecule has 1 aromatic carbocycles. The summed E-state index contributed by atoms with van der Waals surface area (Å²) in [7, 11) is 0. The van der Waals surface area contributed by atoms with E-state index < -0.39 is 0 Å². The molecule has 100 valence electrons. The molecule has 1 rings (SSSR count). The largest absolute Gasteiger partial charge is 0.333 e. The summed E-state index contributed by atoms with van der Waals surface area (Å²) in [4.78, 5) is 14.7. The van der Waals surface area contributed by atoms with Gasteiger partial charge in [-0.3, -0.25) is 4.79 Å². The topological polar surface area (TPSA) is 20.3 Å². The van der Waals surface area contributed by atoms with Gasteiger partial charge in [-0.1, -0.05) is 32.0 Å². The number of hydrogen-bond acceptors (Lipinski definition) is 1. The maximum atomic E-state index is 12.7. The molecule has 0 fully saturated rings. The van der Waals surface area contributed by atoms with Gasteiger partial charge in [-0.15, -0.1) is 0 Å². The molecule has 1 aromatic rings. The molecular formula is C16H25NO. The number of aryl methyl sites for hydroxylation is 1. The molecule has 0 aliphatic carbocycles. The molecule has 0 aromatic heterocycles. The molecule has 0 spiro atoms. The van der Waals surface area contributed by atoms with Gasteiger partial charge in [0, 0.05) is 17.6 Å². The van der Waals surface area contributed by atoms with Crippen molar-refractivity contribution in [3.8, 4) is 0 Å². The number of hydrogen-bond donors (Lipinski definition) is 0. The molecule has 18 heavy (non-hydrogen) atoms. The Morgan fingerprint density at radius 3 is 2.06 bits per heavy atom. The first-order valence-corrected chi connectivity index (χ1v) is 6.91. The zero-order valence-corrected chi connectivity index (χ0v) is 12.2. The lowest BCUT2D eigenvalue weighted by Crippen LogP contribution is -2.44. The molecule has 0 bridgehead atoms. The summed E-state index contributed by atoms with van der Waals surface area (Å²) < 4.78 is 0. The van der Waals surface area contributed by atoms with E-state index in [2.05, 4.69) is 27.7 Å². The second kappa shape index (κ2) is 6.58. The van der Waals surface area contributed by atoms with E-state index in [0.717, 1.165) is 24.0 Å². The zero-order chi connectivity index (χ0) is 13.7. The predicted molar refractivity (Wildman–Crippen MR) is 76.9 cm³/mol. The van der Waals surface area contributed by atoms with Gasteiger partial charge in [0.05, 0.1) is 0 Å². The van der Waals surface area contributed by atoms with Gasteiger partial charge < -0.3 is 4.90 Å². The second-order valence-corrected chi connectivity index (χ2v) is 5.04. The summed E-state index contributed by atoms with van der Waals surface area (Å²) in [6.45, 7) is 10.5. The highest BCUT2D eigenvalue weighted by molar-refractivity contribution is 5.96. The highest BCUT2D eigenvalue weighted by Gasteiger charge is 2.25. The minimum absolute atomic E-state index is 0.164. The van der Waals surface area contributed by atoms with E-state index in [1.165, 1.54) is 0 Å². The van der Waals surface area contributed by atoms with Crippen LogP contribution in [-0.4, -0.2) is 22.9 Å². The van der Waals surface area contributed by atoms with Crippen molar-refractivity contribution in [2.24, 2.45) is 0 Å². The number of benzene rings is 1. The van der Waals surface area contributed by atoms with E-state index in [1.54, 1.807) is 0 Å². The molecule has 0 saturated carbocycles. The van der Waals surface area contributed by atoms with Gasteiger partial charge in [0.1, 0.15) is 0 Å². The molecular weight excluding hydrogens is 222 g/mol. The van der Waals surface area contributed by atoms with Crippen LogP contribution in [0.15, 0.2) is 24.3 Å². The Labute approximate surface area is 111 Å². The summed E-state index contributed by atoms with van der Waals surface area (Å²) in [6, 6.07) is 8.40. The smallest absolute Gasteiger partial charge is 0.254 e. The second-order valence-electron chi connectivity index (χ2n) is 5.04. The van der Waals surface area contributed by atoms with E-state index in [1.807, 2.05) is 36.1 Å². The van der Waals surface area contributed by atoms with Gasteiger partial charge in [0.2, 0.25) is 0 Å². The average molecular weight is 247 g/mol. The molecule has 0 heterocycles. The third-order valence-corrected chi connectivity index (χ3v) is 3.74. The Morgan fingerprint density at radius 1 is 1.11 bits per heavy atom. The highest BCUT2D eigenvalue weighted by Crippen LogP contribution is 2.18. The Morgan fingerprint density at radius 2 is 1.61 bits per heavy atom.